The molecule has 1 heterocycles. The SMILES string of the molecule is CCNc1ccc(-n2cnnn2)c(C)c1. The van der Waals surface area contributed by atoms with Crippen molar-refractivity contribution in [1.82, 2.24) is 20.2 Å². The molecule has 1 N–H and O–H groups in total. The van der Waals surface area contributed by atoms with Crippen molar-refractivity contribution in [3.63, 3.8) is 0 Å². The van der Waals surface area contributed by atoms with Crippen LogP contribution >= 0.6 is 0 Å². The van der Waals surface area contributed by atoms with Gasteiger partial charge in [-0.15, -0.1) is 5.10 Å². The van der Waals surface area contributed by atoms with Gasteiger partial charge in [0.15, 0.2) is 0 Å². The lowest BCUT2D eigenvalue weighted by Gasteiger charge is -2.08. The minimum absolute atomic E-state index is 0.920. The van der Waals surface area contributed by atoms with Gasteiger partial charge in [-0.05, 0) is 48.0 Å². The third-order valence-corrected chi connectivity index (χ3v) is 2.17. The second-order valence-electron chi connectivity index (χ2n) is 3.29. The van der Waals surface area contributed by atoms with Gasteiger partial charge in [0.2, 0.25) is 0 Å². The quantitative estimate of drug-likeness (QED) is 0.819. The number of anilines is 1. The summed E-state index contributed by atoms with van der Waals surface area (Å²) in [4.78, 5) is 0. The zero-order valence-electron chi connectivity index (χ0n) is 8.81. The number of nitrogens with one attached hydrogen (secondary N) is 1. The lowest BCUT2D eigenvalue weighted by atomic mass is 10.2. The zero-order valence-corrected chi connectivity index (χ0v) is 8.81. The van der Waals surface area contributed by atoms with Crippen LogP contribution in [0.3, 0.4) is 0 Å². The maximum Gasteiger partial charge on any atom is 0.143 e. The topological polar surface area (TPSA) is 55.6 Å². The van der Waals surface area contributed by atoms with E-state index in [4.69, 9.17) is 0 Å². The summed E-state index contributed by atoms with van der Waals surface area (Å²) in [7, 11) is 0. The van der Waals surface area contributed by atoms with Crippen molar-refractivity contribution in [2.45, 2.75) is 13.8 Å². The van der Waals surface area contributed by atoms with E-state index in [0.29, 0.717) is 0 Å². The molecule has 15 heavy (non-hydrogen) atoms. The molecule has 2 aromatic rings. The fourth-order valence-corrected chi connectivity index (χ4v) is 1.50. The molecule has 0 atom stereocenters. The van der Waals surface area contributed by atoms with Crippen LogP contribution in [0.15, 0.2) is 24.5 Å². The molecule has 0 spiro atoms. The highest BCUT2D eigenvalue weighted by molar-refractivity contribution is 5.53. The van der Waals surface area contributed by atoms with Gasteiger partial charge < -0.3 is 5.32 Å². The number of hydrogen-bond acceptors (Lipinski definition) is 4. The Bertz CT molecular complexity index is 435. The fraction of sp³-hybridized carbons (Fsp3) is 0.300. The van der Waals surface area contributed by atoms with Crippen LogP contribution in [0.5, 0.6) is 0 Å². The van der Waals surface area contributed by atoms with Crippen LogP contribution in [-0.4, -0.2) is 26.8 Å². The van der Waals surface area contributed by atoms with E-state index in [1.807, 2.05) is 19.1 Å². The van der Waals surface area contributed by atoms with Crippen LogP contribution < -0.4 is 5.32 Å². The first-order valence-electron chi connectivity index (χ1n) is 4.89. The first-order chi connectivity index (χ1) is 7.31. The molecule has 0 aliphatic rings. The Morgan fingerprint density at radius 2 is 2.27 bits per heavy atom. The van der Waals surface area contributed by atoms with E-state index in [2.05, 4.69) is 33.8 Å². The number of aromatic nitrogens is 4. The molecule has 2 rings (SSSR count). The lowest BCUT2D eigenvalue weighted by molar-refractivity contribution is 0.785. The van der Waals surface area contributed by atoms with Crippen molar-refractivity contribution >= 4 is 5.69 Å². The molecular formula is C10H13N5. The summed E-state index contributed by atoms with van der Waals surface area (Å²) < 4.78 is 1.66. The molecule has 0 unspecified atom stereocenters. The predicted octanol–water partition coefficient (Wildman–Crippen LogP) is 1.40. The second-order valence-corrected chi connectivity index (χ2v) is 3.29. The second kappa shape index (κ2) is 4.08. The summed E-state index contributed by atoms with van der Waals surface area (Å²) >= 11 is 0. The molecule has 0 saturated carbocycles. The first-order valence-corrected chi connectivity index (χ1v) is 4.89. The van der Waals surface area contributed by atoms with Gasteiger partial charge in [-0.3, -0.25) is 0 Å². The first kappa shape index (κ1) is 9.64. The number of nitrogens with zero attached hydrogens (tertiary/aromatic N) is 4. The van der Waals surface area contributed by atoms with Crippen molar-refractivity contribution in [3.05, 3.63) is 30.1 Å². The smallest absolute Gasteiger partial charge is 0.143 e. The van der Waals surface area contributed by atoms with Crippen molar-refractivity contribution in [3.8, 4) is 5.69 Å². The molecule has 0 aliphatic heterocycles. The number of hydrogen-bond donors (Lipinski definition) is 1. The standard InChI is InChI=1S/C10H13N5/c1-3-11-9-4-5-10(8(2)6-9)15-7-12-13-14-15/h4-7,11H,3H2,1-2H3. The molecule has 5 heteroatoms. The number of aryl methyl sites for hydroxylation is 1. The maximum atomic E-state index is 3.86. The summed E-state index contributed by atoms with van der Waals surface area (Å²) in [6.07, 6.45) is 1.59. The van der Waals surface area contributed by atoms with Gasteiger partial charge in [-0.25, -0.2) is 4.68 Å². The number of benzene rings is 1. The van der Waals surface area contributed by atoms with Crippen LogP contribution in [0.4, 0.5) is 5.69 Å². The highest BCUT2D eigenvalue weighted by Gasteiger charge is 2.02. The molecule has 0 fully saturated rings. The summed E-state index contributed by atoms with van der Waals surface area (Å²) in [5.41, 5.74) is 3.26. The predicted molar refractivity (Wildman–Crippen MR) is 58.1 cm³/mol. The molecule has 0 aliphatic carbocycles. The monoisotopic (exact) mass is 203 g/mol. The largest absolute Gasteiger partial charge is 0.385 e. The van der Waals surface area contributed by atoms with Crippen LogP contribution in [0, 0.1) is 6.92 Å². The van der Waals surface area contributed by atoms with Crippen LogP contribution in [0.1, 0.15) is 12.5 Å². The van der Waals surface area contributed by atoms with E-state index in [9.17, 15) is 0 Å². The summed E-state index contributed by atoms with van der Waals surface area (Å²) in [5, 5.41) is 14.3. The van der Waals surface area contributed by atoms with E-state index in [-0.39, 0.29) is 0 Å². The summed E-state index contributed by atoms with van der Waals surface area (Å²) in [6.45, 7) is 5.03. The summed E-state index contributed by atoms with van der Waals surface area (Å²) in [5.74, 6) is 0. The normalized spacial score (nSPS) is 10.3. The van der Waals surface area contributed by atoms with Gasteiger partial charge >= 0.3 is 0 Å². The molecule has 0 radical (unpaired) electrons. The highest BCUT2D eigenvalue weighted by Crippen LogP contribution is 2.17. The molecule has 1 aromatic heterocycles. The average Bonchev–Trinajstić information content (AvgIpc) is 2.71. The molecular weight excluding hydrogens is 190 g/mol. The molecule has 5 nitrogen and oxygen atoms in total. The zero-order chi connectivity index (χ0) is 10.7. The van der Waals surface area contributed by atoms with E-state index in [0.717, 1.165) is 23.5 Å². The Balaban J connectivity index is 2.35. The number of rotatable bonds is 3. The summed E-state index contributed by atoms with van der Waals surface area (Å²) in [6, 6.07) is 6.11. The Morgan fingerprint density at radius 1 is 1.40 bits per heavy atom. The van der Waals surface area contributed by atoms with E-state index in [1.165, 1.54) is 0 Å². The minimum atomic E-state index is 0.920. The number of tetrazole rings is 1. The Hall–Kier alpha value is -1.91. The third kappa shape index (κ3) is 1.96. The van der Waals surface area contributed by atoms with Crippen molar-refractivity contribution in [2.75, 3.05) is 11.9 Å². The molecule has 0 bridgehead atoms. The van der Waals surface area contributed by atoms with Crippen LogP contribution in [-0.2, 0) is 0 Å². The Kier molecular flexibility index (Phi) is 2.62. The lowest BCUT2D eigenvalue weighted by Crippen LogP contribution is -2.01. The third-order valence-electron chi connectivity index (χ3n) is 2.17. The highest BCUT2D eigenvalue weighted by atomic mass is 15.5. The molecule has 0 amide bonds. The van der Waals surface area contributed by atoms with Crippen molar-refractivity contribution in [2.24, 2.45) is 0 Å². The van der Waals surface area contributed by atoms with E-state index < -0.39 is 0 Å². The Morgan fingerprint density at radius 3 is 2.87 bits per heavy atom. The molecule has 1 aromatic carbocycles. The Labute approximate surface area is 88.1 Å². The van der Waals surface area contributed by atoms with E-state index >= 15 is 0 Å². The van der Waals surface area contributed by atoms with Crippen molar-refractivity contribution < 1.29 is 0 Å². The van der Waals surface area contributed by atoms with Gasteiger partial charge in [-0.2, -0.15) is 0 Å². The van der Waals surface area contributed by atoms with Crippen molar-refractivity contribution in [1.29, 1.82) is 0 Å². The molecule has 0 saturated heterocycles. The van der Waals surface area contributed by atoms with Gasteiger partial charge in [-0.1, -0.05) is 0 Å². The maximum absolute atomic E-state index is 3.86. The van der Waals surface area contributed by atoms with Crippen LogP contribution in [0.2, 0.25) is 0 Å². The van der Waals surface area contributed by atoms with Gasteiger partial charge in [0.1, 0.15) is 6.33 Å². The van der Waals surface area contributed by atoms with E-state index in [1.54, 1.807) is 11.0 Å². The molecule has 78 valence electrons. The minimum Gasteiger partial charge on any atom is -0.385 e. The fourth-order valence-electron chi connectivity index (χ4n) is 1.50. The van der Waals surface area contributed by atoms with Gasteiger partial charge in [0.25, 0.3) is 0 Å². The van der Waals surface area contributed by atoms with Gasteiger partial charge in [0, 0.05) is 12.2 Å². The average molecular weight is 203 g/mol. The van der Waals surface area contributed by atoms with Gasteiger partial charge in [0.05, 0.1) is 5.69 Å². The van der Waals surface area contributed by atoms with Crippen LogP contribution in [0.25, 0.3) is 5.69 Å².